The van der Waals surface area contributed by atoms with Crippen LogP contribution in [0.2, 0.25) is 5.02 Å². The Kier molecular flexibility index (Phi) is 6.99. The van der Waals surface area contributed by atoms with Crippen molar-refractivity contribution in [3.05, 3.63) is 64.7 Å². The quantitative estimate of drug-likeness (QED) is 0.574. The van der Waals surface area contributed by atoms with Gasteiger partial charge in [-0.05, 0) is 23.8 Å². The van der Waals surface area contributed by atoms with Crippen molar-refractivity contribution in [2.75, 3.05) is 6.54 Å². The van der Waals surface area contributed by atoms with E-state index in [-0.39, 0.29) is 41.6 Å². The Labute approximate surface area is 155 Å². The van der Waals surface area contributed by atoms with Gasteiger partial charge in [0.05, 0.1) is 12.0 Å². The average Bonchev–Trinajstić information content (AvgIpc) is 2.62. The van der Waals surface area contributed by atoms with E-state index >= 15 is 0 Å². The number of carbonyl (C=O) groups is 3. The van der Waals surface area contributed by atoms with Gasteiger partial charge in [-0.1, -0.05) is 41.9 Å². The highest BCUT2D eigenvalue weighted by Crippen LogP contribution is 2.20. The number of rotatable bonds is 6. The zero-order chi connectivity index (χ0) is 18.9. The van der Waals surface area contributed by atoms with Crippen molar-refractivity contribution in [1.82, 2.24) is 16.2 Å². The topological polar surface area (TPSA) is 108 Å². The number of amides is 3. The molecule has 0 atom stereocenters. The number of phenolic OH excluding ortho intramolecular Hbond substituents is 1. The summed E-state index contributed by atoms with van der Waals surface area (Å²) in [4.78, 5) is 35.4. The predicted octanol–water partition coefficient (Wildman–Crippen LogP) is 1.56. The zero-order valence-electron chi connectivity index (χ0n) is 13.8. The smallest absolute Gasteiger partial charge is 0.273 e. The molecule has 136 valence electrons. The Bertz CT molecular complexity index is 796. The molecule has 0 aliphatic carbocycles. The van der Waals surface area contributed by atoms with Crippen molar-refractivity contribution in [1.29, 1.82) is 0 Å². The molecule has 0 spiro atoms. The second kappa shape index (κ2) is 9.43. The summed E-state index contributed by atoms with van der Waals surface area (Å²) in [5.74, 6) is -1.64. The van der Waals surface area contributed by atoms with Crippen LogP contribution in [-0.4, -0.2) is 29.4 Å². The molecule has 8 heteroatoms. The van der Waals surface area contributed by atoms with E-state index in [1.54, 1.807) is 0 Å². The highest BCUT2D eigenvalue weighted by Gasteiger charge is 2.12. The normalized spacial score (nSPS) is 10.0. The highest BCUT2D eigenvalue weighted by atomic mass is 35.5. The summed E-state index contributed by atoms with van der Waals surface area (Å²) < 4.78 is 0. The fourth-order valence-electron chi connectivity index (χ4n) is 2.11. The van der Waals surface area contributed by atoms with Gasteiger partial charge in [0, 0.05) is 18.0 Å². The molecule has 0 radical (unpaired) electrons. The van der Waals surface area contributed by atoms with Crippen LogP contribution in [0.1, 0.15) is 22.3 Å². The first kappa shape index (κ1) is 19.3. The van der Waals surface area contributed by atoms with Gasteiger partial charge < -0.3 is 10.4 Å². The molecule has 26 heavy (non-hydrogen) atoms. The number of phenols is 1. The second-order valence-electron chi connectivity index (χ2n) is 5.43. The maximum atomic E-state index is 11.9. The third-order valence-corrected chi connectivity index (χ3v) is 3.64. The second-order valence-corrected chi connectivity index (χ2v) is 5.86. The van der Waals surface area contributed by atoms with Crippen LogP contribution in [0.3, 0.4) is 0 Å². The van der Waals surface area contributed by atoms with Crippen molar-refractivity contribution >= 4 is 29.3 Å². The summed E-state index contributed by atoms with van der Waals surface area (Å²) >= 11 is 5.76. The summed E-state index contributed by atoms with van der Waals surface area (Å²) in [5, 5.41) is 12.5. The number of hydrogen-bond acceptors (Lipinski definition) is 4. The van der Waals surface area contributed by atoms with Gasteiger partial charge in [-0.3, -0.25) is 25.2 Å². The summed E-state index contributed by atoms with van der Waals surface area (Å²) in [6.45, 7) is 0.135. The van der Waals surface area contributed by atoms with Crippen LogP contribution in [0.5, 0.6) is 5.75 Å². The Hall–Kier alpha value is -3.06. The lowest BCUT2D eigenvalue weighted by atomic mass is 10.1. The minimum atomic E-state index is -0.702. The number of aromatic hydroxyl groups is 1. The maximum absolute atomic E-state index is 11.9. The summed E-state index contributed by atoms with van der Waals surface area (Å²) in [6.07, 6.45) is 0.218. The molecule has 2 aromatic carbocycles. The van der Waals surface area contributed by atoms with Crippen molar-refractivity contribution in [3.63, 3.8) is 0 Å². The molecular formula is C18H18ClN3O4. The standard InChI is InChI=1S/C18H18ClN3O4/c19-13-6-7-15(23)14(11-13)18(26)22-21-16(24)8-9-20-17(25)10-12-4-2-1-3-5-12/h1-7,11,23H,8-10H2,(H,20,25)(H,21,24)(H,22,26). The van der Waals surface area contributed by atoms with E-state index in [2.05, 4.69) is 16.2 Å². The van der Waals surface area contributed by atoms with Crippen LogP contribution in [-0.2, 0) is 16.0 Å². The molecule has 0 saturated carbocycles. The van der Waals surface area contributed by atoms with Gasteiger partial charge in [-0.25, -0.2) is 0 Å². The van der Waals surface area contributed by atoms with E-state index in [4.69, 9.17) is 11.6 Å². The summed E-state index contributed by atoms with van der Waals surface area (Å²) in [7, 11) is 0. The molecule has 0 unspecified atom stereocenters. The third-order valence-electron chi connectivity index (χ3n) is 3.40. The summed E-state index contributed by atoms with van der Waals surface area (Å²) in [6, 6.07) is 13.2. The molecule has 0 saturated heterocycles. The number of nitrogens with one attached hydrogen (secondary N) is 3. The lowest BCUT2D eigenvalue weighted by Gasteiger charge is -2.09. The molecule has 0 aliphatic heterocycles. The van der Waals surface area contributed by atoms with Gasteiger partial charge in [0.1, 0.15) is 5.75 Å². The molecule has 7 nitrogen and oxygen atoms in total. The van der Waals surface area contributed by atoms with Gasteiger partial charge >= 0.3 is 0 Å². The first-order valence-electron chi connectivity index (χ1n) is 7.84. The van der Waals surface area contributed by atoms with Gasteiger partial charge in [-0.15, -0.1) is 0 Å². The predicted molar refractivity (Wildman–Crippen MR) is 96.5 cm³/mol. The van der Waals surface area contributed by atoms with E-state index < -0.39 is 11.8 Å². The molecule has 2 aromatic rings. The average molecular weight is 376 g/mol. The Morgan fingerprint density at radius 2 is 1.69 bits per heavy atom. The van der Waals surface area contributed by atoms with Crippen molar-refractivity contribution in [2.45, 2.75) is 12.8 Å². The zero-order valence-corrected chi connectivity index (χ0v) is 14.5. The number of carbonyl (C=O) groups excluding carboxylic acids is 3. The first-order valence-corrected chi connectivity index (χ1v) is 8.22. The third kappa shape index (κ3) is 6.10. The lowest BCUT2D eigenvalue weighted by Crippen LogP contribution is -2.42. The monoisotopic (exact) mass is 375 g/mol. The molecule has 4 N–H and O–H groups in total. The van der Waals surface area contributed by atoms with Crippen LogP contribution in [0.25, 0.3) is 0 Å². The molecule has 2 rings (SSSR count). The number of benzene rings is 2. The molecule has 0 bridgehead atoms. The van der Waals surface area contributed by atoms with Crippen molar-refractivity contribution in [2.24, 2.45) is 0 Å². The molecule has 0 aliphatic rings. The van der Waals surface area contributed by atoms with Crippen LogP contribution >= 0.6 is 11.6 Å². The van der Waals surface area contributed by atoms with Crippen molar-refractivity contribution in [3.8, 4) is 5.75 Å². The fraction of sp³-hybridized carbons (Fsp3) is 0.167. The number of halogens is 1. The minimum Gasteiger partial charge on any atom is -0.507 e. The van der Waals surface area contributed by atoms with E-state index in [0.717, 1.165) is 5.56 Å². The Morgan fingerprint density at radius 3 is 2.42 bits per heavy atom. The van der Waals surface area contributed by atoms with Crippen LogP contribution in [0.15, 0.2) is 48.5 Å². The maximum Gasteiger partial charge on any atom is 0.273 e. The van der Waals surface area contributed by atoms with Gasteiger partial charge in [-0.2, -0.15) is 0 Å². The van der Waals surface area contributed by atoms with E-state index in [1.165, 1.54) is 18.2 Å². The lowest BCUT2D eigenvalue weighted by molar-refractivity contribution is -0.122. The Balaban J connectivity index is 1.69. The molecule has 0 aromatic heterocycles. The Morgan fingerprint density at radius 1 is 0.962 bits per heavy atom. The van der Waals surface area contributed by atoms with Gasteiger partial charge in [0.2, 0.25) is 11.8 Å². The van der Waals surface area contributed by atoms with Crippen LogP contribution < -0.4 is 16.2 Å². The SMILES string of the molecule is O=C(Cc1ccccc1)NCCC(=O)NNC(=O)c1cc(Cl)ccc1O. The first-order chi connectivity index (χ1) is 12.5. The fourth-order valence-corrected chi connectivity index (χ4v) is 2.28. The molecular weight excluding hydrogens is 358 g/mol. The summed E-state index contributed by atoms with van der Waals surface area (Å²) in [5.41, 5.74) is 5.20. The molecule has 0 heterocycles. The largest absolute Gasteiger partial charge is 0.507 e. The molecule has 3 amide bonds. The van der Waals surface area contributed by atoms with Gasteiger partial charge in [0.15, 0.2) is 0 Å². The number of hydrogen-bond donors (Lipinski definition) is 4. The van der Waals surface area contributed by atoms with E-state index in [9.17, 15) is 19.5 Å². The van der Waals surface area contributed by atoms with Crippen molar-refractivity contribution < 1.29 is 19.5 Å². The minimum absolute atomic E-state index is 0.0116. The molecule has 0 fully saturated rings. The van der Waals surface area contributed by atoms with Crippen LogP contribution in [0, 0.1) is 0 Å². The van der Waals surface area contributed by atoms with Gasteiger partial charge in [0.25, 0.3) is 5.91 Å². The van der Waals surface area contributed by atoms with E-state index in [1.807, 2.05) is 30.3 Å². The highest BCUT2D eigenvalue weighted by molar-refractivity contribution is 6.31. The number of hydrazine groups is 1. The van der Waals surface area contributed by atoms with Crippen LogP contribution in [0.4, 0.5) is 0 Å². The van der Waals surface area contributed by atoms with E-state index in [0.29, 0.717) is 0 Å².